The van der Waals surface area contributed by atoms with Crippen LogP contribution in [-0.4, -0.2) is 52.5 Å². The van der Waals surface area contributed by atoms with Gasteiger partial charge in [0.1, 0.15) is 12.2 Å². The highest BCUT2D eigenvalue weighted by molar-refractivity contribution is 5.77. The van der Waals surface area contributed by atoms with Crippen molar-refractivity contribution in [2.24, 2.45) is 28.6 Å². The van der Waals surface area contributed by atoms with Gasteiger partial charge in [0.2, 0.25) is 0 Å². The lowest BCUT2D eigenvalue weighted by Gasteiger charge is -2.73. The molecule has 7 atom stereocenters. The number of aliphatic hydroxyl groups excluding tert-OH is 2. The number of hydrogen-bond donors (Lipinski definition) is 3. The normalized spacial score (nSPS) is 62.5. The molecule has 3 N–H and O–H groups in total. The average molecular weight is 296 g/mol. The van der Waals surface area contributed by atoms with E-state index in [4.69, 9.17) is 9.47 Å². The van der Waals surface area contributed by atoms with Crippen LogP contribution in [-0.2, 0) is 14.3 Å². The van der Waals surface area contributed by atoms with Crippen LogP contribution in [0.3, 0.4) is 0 Å². The van der Waals surface area contributed by atoms with E-state index in [2.05, 4.69) is 0 Å². The van der Waals surface area contributed by atoms with Crippen LogP contribution in [0.5, 0.6) is 0 Å². The van der Waals surface area contributed by atoms with Gasteiger partial charge in [-0.15, -0.1) is 0 Å². The number of rotatable bonds is 3. The van der Waals surface area contributed by atoms with Crippen molar-refractivity contribution in [3.8, 4) is 0 Å². The molecule has 4 saturated carbocycles. The van der Waals surface area contributed by atoms with Crippen molar-refractivity contribution in [1.29, 1.82) is 0 Å². The van der Waals surface area contributed by atoms with Gasteiger partial charge in [0.05, 0.1) is 18.6 Å². The van der Waals surface area contributed by atoms with E-state index in [9.17, 15) is 20.1 Å². The molecule has 7 unspecified atom stereocenters. The van der Waals surface area contributed by atoms with Gasteiger partial charge in [-0.2, -0.15) is 0 Å². The molecule has 2 bridgehead atoms. The molecule has 1 aliphatic heterocycles. The molecule has 6 nitrogen and oxygen atoms in total. The van der Waals surface area contributed by atoms with Crippen molar-refractivity contribution < 1.29 is 29.6 Å². The summed E-state index contributed by atoms with van der Waals surface area (Å²) in [5.74, 6) is -0.561. The van der Waals surface area contributed by atoms with E-state index in [0.29, 0.717) is 12.3 Å². The summed E-state index contributed by atoms with van der Waals surface area (Å²) in [6, 6.07) is 0. The Morgan fingerprint density at radius 1 is 1.10 bits per heavy atom. The second-order valence-corrected chi connectivity index (χ2v) is 7.72. The predicted molar refractivity (Wildman–Crippen MR) is 68.1 cm³/mol. The summed E-state index contributed by atoms with van der Waals surface area (Å²) in [5.41, 5.74) is -0.491. The summed E-state index contributed by atoms with van der Waals surface area (Å²) in [4.78, 5) is 11.7. The van der Waals surface area contributed by atoms with Gasteiger partial charge in [-0.3, -0.25) is 4.79 Å². The molecule has 116 valence electrons. The van der Waals surface area contributed by atoms with Crippen molar-refractivity contribution in [2.75, 3.05) is 13.2 Å². The second-order valence-electron chi connectivity index (χ2n) is 7.72. The summed E-state index contributed by atoms with van der Waals surface area (Å²) < 4.78 is 12.1. The van der Waals surface area contributed by atoms with Crippen molar-refractivity contribution in [3.63, 3.8) is 0 Å². The fourth-order valence-electron chi connectivity index (χ4n) is 6.65. The first-order valence-corrected chi connectivity index (χ1v) is 7.83. The van der Waals surface area contributed by atoms with Crippen molar-refractivity contribution in [1.82, 2.24) is 0 Å². The molecule has 5 rings (SSSR count). The highest BCUT2D eigenvalue weighted by atomic mass is 16.8. The first-order chi connectivity index (χ1) is 10.0. The number of carboxylic acid groups (broad SMARTS) is 1. The molecule has 5 aliphatic rings. The third-order valence-corrected chi connectivity index (χ3v) is 7.33. The van der Waals surface area contributed by atoms with Crippen LogP contribution < -0.4 is 0 Å². The monoisotopic (exact) mass is 296 g/mol. The maximum Gasteiger partial charge on any atom is 0.309 e. The minimum atomic E-state index is -0.741. The Balaban J connectivity index is 1.51. The van der Waals surface area contributed by atoms with Gasteiger partial charge >= 0.3 is 5.97 Å². The third-order valence-electron chi connectivity index (χ3n) is 7.33. The molecule has 0 amide bonds. The van der Waals surface area contributed by atoms with Crippen LogP contribution >= 0.6 is 0 Å². The largest absolute Gasteiger partial charge is 0.481 e. The molecular formula is C15H20O6. The maximum atomic E-state index is 11.7. The molecule has 6 heteroatoms. The second kappa shape index (κ2) is 3.45. The minimum Gasteiger partial charge on any atom is -0.481 e. The first-order valence-electron chi connectivity index (χ1n) is 7.83. The first kappa shape index (κ1) is 12.8. The molecule has 1 heterocycles. The van der Waals surface area contributed by atoms with E-state index in [-0.39, 0.29) is 30.5 Å². The molecule has 0 aromatic rings. The summed E-state index contributed by atoms with van der Waals surface area (Å²) in [7, 11) is 0. The number of aliphatic carboxylic acids is 1. The van der Waals surface area contributed by atoms with Crippen molar-refractivity contribution in [2.45, 2.75) is 43.7 Å². The van der Waals surface area contributed by atoms with Crippen molar-refractivity contribution in [3.05, 3.63) is 0 Å². The van der Waals surface area contributed by atoms with Crippen LogP contribution in [0.25, 0.3) is 0 Å². The SMILES string of the molecule is O=C(O)C12CC3CC4C5(OC(CO)C(CO)O5)C(C1)C34C2. The molecule has 21 heavy (non-hydrogen) atoms. The zero-order valence-corrected chi connectivity index (χ0v) is 11.7. The summed E-state index contributed by atoms with van der Waals surface area (Å²) in [6.45, 7) is -0.347. The summed E-state index contributed by atoms with van der Waals surface area (Å²) >= 11 is 0. The highest BCUT2D eigenvalue weighted by Crippen LogP contribution is 2.88. The van der Waals surface area contributed by atoms with Gasteiger partial charge in [-0.1, -0.05) is 0 Å². The van der Waals surface area contributed by atoms with E-state index in [1.54, 1.807) is 0 Å². The standard InChI is InChI=1S/C15H20O6/c16-4-8-9(5-17)21-15(20-8)10-1-7-2-13(12(18)19)3-11(15)14(7,10)6-13/h7-11,16-17H,1-6H2,(H,18,19). The van der Waals surface area contributed by atoms with Crippen molar-refractivity contribution >= 4 is 5.97 Å². The smallest absolute Gasteiger partial charge is 0.309 e. The lowest BCUT2D eigenvalue weighted by molar-refractivity contribution is -0.412. The third kappa shape index (κ3) is 1.08. The van der Waals surface area contributed by atoms with E-state index in [0.717, 1.165) is 19.3 Å². The molecule has 5 fully saturated rings. The Morgan fingerprint density at radius 2 is 1.76 bits per heavy atom. The van der Waals surface area contributed by atoms with Gasteiger partial charge in [0.25, 0.3) is 0 Å². The van der Waals surface area contributed by atoms with Gasteiger partial charge in [0.15, 0.2) is 5.79 Å². The number of carboxylic acids is 1. The highest BCUT2D eigenvalue weighted by Gasteiger charge is 2.90. The van der Waals surface area contributed by atoms with Crippen LogP contribution in [0, 0.1) is 28.6 Å². The summed E-state index contributed by atoms with van der Waals surface area (Å²) in [5, 5.41) is 28.5. The Kier molecular flexibility index (Phi) is 2.11. The van der Waals surface area contributed by atoms with Gasteiger partial charge < -0.3 is 24.8 Å². The number of carbonyl (C=O) groups is 1. The number of ether oxygens (including phenoxy) is 2. The molecule has 4 aliphatic carbocycles. The number of fused-ring (bicyclic) bond motifs is 3. The zero-order chi connectivity index (χ0) is 14.6. The van der Waals surface area contributed by atoms with Crippen LogP contribution in [0.4, 0.5) is 0 Å². The fourth-order valence-corrected chi connectivity index (χ4v) is 6.65. The molecule has 0 radical (unpaired) electrons. The predicted octanol–water partition coefficient (Wildman–Crippen LogP) is -0.0279. The lowest BCUT2D eigenvalue weighted by Crippen LogP contribution is -2.76. The van der Waals surface area contributed by atoms with Crippen LogP contribution in [0.15, 0.2) is 0 Å². The fraction of sp³-hybridized carbons (Fsp3) is 0.933. The number of hydrogen-bond acceptors (Lipinski definition) is 5. The van der Waals surface area contributed by atoms with E-state index in [1.165, 1.54) is 0 Å². The quantitative estimate of drug-likeness (QED) is 0.677. The zero-order valence-electron chi connectivity index (χ0n) is 11.7. The molecule has 1 saturated heterocycles. The topological polar surface area (TPSA) is 96.2 Å². The number of aliphatic hydroxyl groups is 2. The Labute approximate surface area is 122 Å². The van der Waals surface area contributed by atoms with Gasteiger partial charge in [-0.25, -0.2) is 0 Å². The van der Waals surface area contributed by atoms with Gasteiger partial charge in [0, 0.05) is 11.8 Å². The molecule has 2 spiro atoms. The Morgan fingerprint density at radius 3 is 2.33 bits per heavy atom. The van der Waals surface area contributed by atoms with Gasteiger partial charge in [-0.05, 0) is 37.0 Å². The van der Waals surface area contributed by atoms with E-state index < -0.39 is 29.4 Å². The van der Waals surface area contributed by atoms with E-state index >= 15 is 0 Å². The van der Waals surface area contributed by atoms with E-state index in [1.807, 2.05) is 0 Å². The molecule has 0 aromatic heterocycles. The Bertz CT molecular complexity index is 522. The lowest BCUT2D eigenvalue weighted by atomic mass is 9.35. The maximum absolute atomic E-state index is 11.7. The van der Waals surface area contributed by atoms with Crippen LogP contribution in [0.1, 0.15) is 25.7 Å². The average Bonchev–Trinajstić information content (AvgIpc) is 3.08. The molecular weight excluding hydrogens is 276 g/mol. The molecule has 0 aromatic carbocycles. The summed E-state index contributed by atoms with van der Waals surface area (Å²) in [6.07, 6.45) is 2.15. The Hall–Kier alpha value is -0.690. The van der Waals surface area contributed by atoms with Crippen LogP contribution in [0.2, 0.25) is 0 Å². The minimum absolute atomic E-state index is 0.0999.